The number of nitrogens with zero attached hydrogens (tertiary/aromatic N) is 4. The number of carbonyl (C=O) groups is 1. The van der Waals surface area contributed by atoms with Crippen LogP contribution in [0.4, 0.5) is 4.79 Å². The molecule has 6 heteroatoms. The van der Waals surface area contributed by atoms with Gasteiger partial charge in [0.05, 0.1) is 24.3 Å². The zero-order valence-corrected chi connectivity index (χ0v) is 22.3. The Morgan fingerprint density at radius 1 is 1.12 bits per heavy atom. The van der Waals surface area contributed by atoms with Crippen LogP contribution in [0.3, 0.4) is 0 Å². The zero-order valence-electron chi connectivity index (χ0n) is 22.3. The van der Waals surface area contributed by atoms with Crippen molar-refractivity contribution >= 4 is 6.09 Å². The summed E-state index contributed by atoms with van der Waals surface area (Å²) in [6, 6.07) is 9.45. The Bertz CT molecular complexity index is 1030. The molecule has 0 bridgehead atoms. The van der Waals surface area contributed by atoms with E-state index in [1.807, 2.05) is 38.2 Å². The molecule has 2 aliphatic rings. The predicted octanol–water partition coefficient (Wildman–Crippen LogP) is 5.84. The second-order valence-electron chi connectivity index (χ2n) is 12.4. The van der Waals surface area contributed by atoms with E-state index in [4.69, 9.17) is 4.74 Å². The third kappa shape index (κ3) is 4.49. The molecule has 1 aromatic heterocycles. The van der Waals surface area contributed by atoms with Crippen LogP contribution in [0, 0.1) is 10.8 Å². The number of carbonyl (C=O) groups excluding carboxylic acids is 1. The third-order valence-corrected chi connectivity index (χ3v) is 8.38. The highest BCUT2D eigenvalue weighted by atomic mass is 16.6. The van der Waals surface area contributed by atoms with Gasteiger partial charge >= 0.3 is 6.09 Å². The number of ether oxygens (including phenoxy) is 1. The first kappa shape index (κ1) is 24.8. The number of likely N-dealkylation sites (N-methyl/N-ethyl adjacent to an activating group) is 1. The van der Waals surface area contributed by atoms with Gasteiger partial charge in [0, 0.05) is 31.2 Å². The van der Waals surface area contributed by atoms with Crippen molar-refractivity contribution in [2.24, 2.45) is 10.8 Å². The first-order valence-corrected chi connectivity index (χ1v) is 12.6. The minimum absolute atomic E-state index is 0.0156. The molecule has 0 spiro atoms. The third-order valence-electron chi connectivity index (χ3n) is 8.38. The summed E-state index contributed by atoms with van der Waals surface area (Å²) in [6.07, 6.45) is 5.90. The zero-order chi connectivity index (χ0) is 24.9. The summed E-state index contributed by atoms with van der Waals surface area (Å²) in [4.78, 5) is 21.8. The molecule has 2 aliphatic heterocycles. The first-order valence-electron chi connectivity index (χ1n) is 12.6. The number of aromatic nitrogens is 2. The second-order valence-corrected chi connectivity index (χ2v) is 12.4. The summed E-state index contributed by atoms with van der Waals surface area (Å²) in [5, 5.41) is 0. The topological polar surface area (TPSA) is 50.6 Å². The van der Waals surface area contributed by atoms with Crippen LogP contribution < -0.4 is 0 Å². The molecule has 1 aromatic carbocycles. The van der Waals surface area contributed by atoms with Gasteiger partial charge in [0.15, 0.2) is 0 Å². The van der Waals surface area contributed by atoms with E-state index in [-0.39, 0.29) is 16.9 Å². The Labute approximate surface area is 205 Å². The van der Waals surface area contributed by atoms with E-state index in [9.17, 15) is 4.79 Å². The quantitative estimate of drug-likeness (QED) is 0.570. The van der Waals surface area contributed by atoms with Crippen molar-refractivity contribution in [1.29, 1.82) is 0 Å². The standard InChI is InChI=1S/C28H42N4O2/c1-26(2,3)34-25(33)31-16-15-30(8)24(28(6,7)27(4,5)18-31)14-13-22-20-11-9-10-12-21(20)23-17-29-19-32(22)23/h9-12,17,19,22,24H,13-16,18H2,1-8H3. The molecule has 2 aromatic rings. The van der Waals surface area contributed by atoms with Crippen LogP contribution >= 0.6 is 0 Å². The number of benzene rings is 1. The molecule has 3 heterocycles. The van der Waals surface area contributed by atoms with E-state index in [1.54, 1.807) is 0 Å². The molecule has 0 radical (unpaired) electrons. The fraction of sp³-hybridized carbons (Fsp3) is 0.643. The van der Waals surface area contributed by atoms with Gasteiger partial charge in [0.1, 0.15) is 5.60 Å². The average molecular weight is 467 g/mol. The number of hydrogen-bond donors (Lipinski definition) is 0. The fourth-order valence-corrected chi connectivity index (χ4v) is 5.80. The molecule has 2 atom stereocenters. The maximum Gasteiger partial charge on any atom is 0.410 e. The maximum atomic E-state index is 13.0. The highest BCUT2D eigenvalue weighted by Gasteiger charge is 2.48. The highest BCUT2D eigenvalue weighted by molar-refractivity contribution is 5.69. The smallest absolute Gasteiger partial charge is 0.410 e. The molecule has 1 fully saturated rings. The van der Waals surface area contributed by atoms with Crippen molar-refractivity contribution in [3.05, 3.63) is 42.4 Å². The van der Waals surface area contributed by atoms with Crippen molar-refractivity contribution in [2.75, 3.05) is 26.7 Å². The lowest BCUT2D eigenvalue weighted by molar-refractivity contribution is -0.0516. The Balaban J connectivity index is 1.54. The van der Waals surface area contributed by atoms with Gasteiger partial charge in [0.25, 0.3) is 0 Å². The van der Waals surface area contributed by atoms with Gasteiger partial charge in [-0.1, -0.05) is 52.0 Å². The first-order chi connectivity index (χ1) is 15.8. The second kappa shape index (κ2) is 8.71. The molecule has 0 aliphatic carbocycles. The molecule has 0 N–H and O–H groups in total. The Kier molecular flexibility index (Phi) is 6.34. The average Bonchev–Trinajstić information content (AvgIpc) is 3.31. The Morgan fingerprint density at radius 3 is 2.53 bits per heavy atom. The van der Waals surface area contributed by atoms with E-state index in [0.29, 0.717) is 25.2 Å². The van der Waals surface area contributed by atoms with Crippen LogP contribution in [0.15, 0.2) is 36.8 Å². The van der Waals surface area contributed by atoms with E-state index >= 15 is 0 Å². The van der Waals surface area contributed by atoms with Gasteiger partial charge in [-0.05, 0) is 57.1 Å². The monoisotopic (exact) mass is 466 g/mol. The van der Waals surface area contributed by atoms with Crippen molar-refractivity contribution in [1.82, 2.24) is 19.4 Å². The van der Waals surface area contributed by atoms with E-state index < -0.39 is 5.60 Å². The van der Waals surface area contributed by atoms with Crippen LogP contribution in [0.2, 0.25) is 0 Å². The van der Waals surface area contributed by atoms with Crippen molar-refractivity contribution in [3.8, 4) is 11.3 Å². The lowest BCUT2D eigenvalue weighted by atomic mass is 9.61. The van der Waals surface area contributed by atoms with Crippen molar-refractivity contribution in [2.45, 2.75) is 79.0 Å². The fourth-order valence-electron chi connectivity index (χ4n) is 5.80. The van der Waals surface area contributed by atoms with Gasteiger partial charge in [-0.3, -0.25) is 0 Å². The number of imidazole rings is 1. The Morgan fingerprint density at radius 2 is 1.82 bits per heavy atom. The molecule has 2 unspecified atom stereocenters. The molecular formula is C28H42N4O2. The summed E-state index contributed by atoms with van der Waals surface area (Å²) < 4.78 is 8.07. The van der Waals surface area contributed by atoms with Crippen LogP contribution in [0.25, 0.3) is 11.3 Å². The van der Waals surface area contributed by atoms with Crippen LogP contribution in [0.5, 0.6) is 0 Å². The summed E-state index contributed by atoms with van der Waals surface area (Å²) in [5.41, 5.74) is 3.34. The summed E-state index contributed by atoms with van der Waals surface area (Å²) in [5.74, 6) is 0. The van der Waals surface area contributed by atoms with Gasteiger partial charge in [-0.15, -0.1) is 0 Å². The van der Waals surface area contributed by atoms with Crippen molar-refractivity contribution < 1.29 is 9.53 Å². The molecule has 1 amide bonds. The molecule has 4 rings (SSSR count). The molecule has 1 saturated heterocycles. The van der Waals surface area contributed by atoms with Crippen molar-refractivity contribution in [3.63, 3.8) is 0 Å². The van der Waals surface area contributed by atoms with Crippen LogP contribution in [-0.4, -0.2) is 63.8 Å². The lowest BCUT2D eigenvalue weighted by Crippen LogP contribution is -2.59. The lowest BCUT2D eigenvalue weighted by Gasteiger charge is -2.54. The summed E-state index contributed by atoms with van der Waals surface area (Å²) in [7, 11) is 2.21. The van der Waals surface area contributed by atoms with Gasteiger partial charge in [-0.2, -0.15) is 0 Å². The maximum absolute atomic E-state index is 13.0. The van der Waals surface area contributed by atoms with Gasteiger partial charge < -0.3 is 19.1 Å². The van der Waals surface area contributed by atoms with Gasteiger partial charge in [0.2, 0.25) is 0 Å². The van der Waals surface area contributed by atoms with E-state index in [1.165, 1.54) is 16.8 Å². The Hall–Kier alpha value is -2.34. The van der Waals surface area contributed by atoms with Crippen LogP contribution in [-0.2, 0) is 4.74 Å². The van der Waals surface area contributed by atoms with Gasteiger partial charge in [-0.25, -0.2) is 9.78 Å². The summed E-state index contributed by atoms with van der Waals surface area (Å²) >= 11 is 0. The van der Waals surface area contributed by atoms with E-state index in [2.05, 4.69) is 73.5 Å². The minimum Gasteiger partial charge on any atom is -0.444 e. The minimum atomic E-state index is -0.489. The number of amides is 1. The molecule has 34 heavy (non-hydrogen) atoms. The molecule has 186 valence electrons. The normalized spacial score (nSPS) is 24.2. The summed E-state index contributed by atoms with van der Waals surface area (Å²) in [6.45, 7) is 17.3. The number of rotatable bonds is 3. The van der Waals surface area contributed by atoms with E-state index in [0.717, 1.165) is 19.4 Å². The molecule has 0 saturated carbocycles. The largest absolute Gasteiger partial charge is 0.444 e. The highest BCUT2D eigenvalue weighted by Crippen LogP contribution is 2.48. The molecular weight excluding hydrogens is 424 g/mol. The molecule has 6 nitrogen and oxygen atoms in total. The van der Waals surface area contributed by atoms with Crippen LogP contribution in [0.1, 0.15) is 72.9 Å². The predicted molar refractivity (Wildman–Crippen MR) is 137 cm³/mol. The SMILES string of the molecule is CN1CCN(C(=O)OC(C)(C)C)CC(C)(C)C(C)(C)C1CCC1c2ccccc2-c2cncn21. The number of fused-ring (bicyclic) bond motifs is 3. The number of hydrogen-bond acceptors (Lipinski definition) is 4.